The fourth-order valence-electron chi connectivity index (χ4n) is 1.32. The number of thiophene rings is 1. The third kappa shape index (κ3) is 3.02. The zero-order valence-electron chi connectivity index (χ0n) is 8.52. The van der Waals surface area contributed by atoms with Crippen molar-refractivity contribution in [3.63, 3.8) is 0 Å². The molecule has 0 aliphatic carbocycles. The van der Waals surface area contributed by atoms with Crippen molar-refractivity contribution in [3.05, 3.63) is 37.8 Å². The molecule has 0 unspecified atom stereocenters. The Morgan fingerprint density at radius 2 is 2.12 bits per heavy atom. The lowest BCUT2D eigenvalue weighted by molar-refractivity contribution is 0.891. The lowest BCUT2D eigenvalue weighted by Crippen LogP contribution is -2.17. The molecular weight excluding hydrogens is 354 g/mol. The third-order valence-electron chi connectivity index (χ3n) is 2.05. The fourth-order valence-corrected chi connectivity index (χ4v) is 2.81. The molecule has 0 N–H and O–H groups in total. The Labute approximate surface area is 115 Å². The Balaban J connectivity index is 2.11. The summed E-state index contributed by atoms with van der Waals surface area (Å²) in [6.07, 6.45) is 1.56. The maximum atomic E-state index is 4.22. The van der Waals surface area contributed by atoms with Gasteiger partial charge < -0.3 is 4.90 Å². The van der Waals surface area contributed by atoms with Crippen molar-refractivity contribution in [1.82, 2.24) is 9.97 Å². The first-order valence-electron chi connectivity index (χ1n) is 4.57. The minimum atomic E-state index is 0.802. The predicted octanol–water partition coefficient (Wildman–Crippen LogP) is 3.70. The summed E-state index contributed by atoms with van der Waals surface area (Å²) < 4.78 is 1.95. The maximum absolute atomic E-state index is 4.22. The molecule has 0 bridgehead atoms. The molecule has 0 saturated heterocycles. The van der Waals surface area contributed by atoms with Gasteiger partial charge in [-0.3, -0.25) is 0 Å². The standard InChI is InChI=1S/C10H9Br2N3S/c1-15(4-7-2-9(12)16-5-7)10-3-8(11)13-6-14-10/h2-3,5-6H,4H2,1H3. The molecule has 2 aromatic heterocycles. The summed E-state index contributed by atoms with van der Waals surface area (Å²) >= 11 is 8.49. The second-order valence-corrected chi connectivity index (χ2v) is 6.42. The van der Waals surface area contributed by atoms with E-state index in [-0.39, 0.29) is 0 Å². The molecule has 0 saturated carbocycles. The molecule has 16 heavy (non-hydrogen) atoms. The van der Waals surface area contributed by atoms with E-state index in [9.17, 15) is 0 Å². The first-order chi connectivity index (χ1) is 7.65. The van der Waals surface area contributed by atoms with Crippen LogP contribution in [0.1, 0.15) is 5.56 Å². The number of halogens is 2. The summed E-state index contributed by atoms with van der Waals surface area (Å²) in [6.45, 7) is 0.839. The van der Waals surface area contributed by atoms with Gasteiger partial charge in [-0.1, -0.05) is 0 Å². The van der Waals surface area contributed by atoms with Crippen molar-refractivity contribution in [1.29, 1.82) is 0 Å². The molecule has 0 radical (unpaired) electrons. The Morgan fingerprint density at radius 3 is 2.75 bits per heavy atom. The molecule has 0 aromatic carbocycles. The zero-order valence-corrected chi connectivity index (χ0v) is 12.5. The van der Waals surface area contributed by atoms with Crippen LogP contribution < -0.4 is 4.90 Å². The molecule has 2 heterocycles. The minimum absolute atomic E-state index is 0.802. The van der Waals surface area contributed by atoms with Crippen LogP contribution in [0, 0.1) is 0 Å². The fraction of sp³-hybridized carbons (Fsp3) is 0.200. The van der Waals surface area contributed by atoms with E-state index in [0.717, 1.165) is 20.8 Å². The van der Waals surface area contributed by atoms with Gasteiger partial charge in [0.15, 0.2) is 0 Å². The summed E-state index contributed by atoms with van der Waals surface area (Å²) in [4.78, 5) is 10.3. The van der Waals surface area contributed by atoms with Crippen LogP contribution in [0.3, 0.4) is 0 Å². The van der Waals surface area contributed by atoms with Crippen LogP contribution in [0.15, 0.2) is 32.2 Å². The van der Waals surface area contributed by atoms with Crippen LogP contribution in [0.25, 0.3) is 0 Å². The SMILES string of the molecule is CN(Cc1csc(Br)c1)c1cc(Br)ncn1. The van der Waals surface area contributed by atoms with E-state index >= 15 is 0 Å². The van der Waals surface area contributed by atoms with E-state index in [4.69, 9.17) is 0 Å². The topological polar surface area (TPSA) is 29.0 Å². The van der Waals surface area contributed by atoms with E-state index in [2.05, 4.69) is 58.2 Å². The smallest absolute Gasteiger partial charge is 0.133 e. The number of nitrogens with zero attached hydrogens (tertiary/aromatic N) is 3. The molecule has 0 aliphatic rings. The first kappa shape index (κ1) is 12.0. The highest BCUT2D eigenvalue weighted by molar-refractivity contribution is 9.11. The molecule has 2 aromatic rings. The van der Waals surface area contributed by atoms with Gasteiger partial charge in [0.05, 0.1) is 3.79 Å². The molecule has 2 rings (SSSR count). The average molecular weight is 363 g/mol. The molecule has 0 spiro atoms. The lowest BCUT2D eigenvalue weighted by atomic mass is 10.3. The predicted molar refractivity (Wildman–Crippen MR) is 73.9 cm³/mol. The van der Waals surface area contributed by atoms with Crippen molar-refractivity contribution in [2.45, 2.75) is 6.54 Å². The van der Waals surface area contributed by atoms with E-state index in [1.54, 1.807) is 17.7 Å². The highest BCUT2D eigenvalue weighted by atomic mass is 79.9. The molecule has 84 valence electrons. The van der Waals surface area contributed by atoms with E-state index < -0.39 is 0 Å². The second kappa shape index (κ2) is 5.25. The van der Waals surface area contributed by atoms with Crippen LogP contribution in [0.2, 0.25) is 0 Å². The van der Waals surface area contributed by atoms with Gasteiger partial charge in [0.1, 0.15) is 16.7 Å². The van der Waals surface area contributed by atoms with Gasteiger partial charge in [0.2, 0.25) is 0 Å². The Morgan fingerprint density at radius 1 is 1.31 bits per heavy atom. The van der Waals surface area contributed by atoms with Gasteiger partial charge >= 0.3 is 0 Å². The third-order valence-corrected chi connectivity index (χ3v) is 4.04. The van der Waals surface area contributed by atoms with Gasteiger partial charge in [-0.2, -0.15) is 0 Å². The summed E-state index contributed by atoms with van der Waals surface area (Å²) in [5.74, 6) is 0.907. The molecule has 0 aliphatic heterocycles. The van der Waals surface area contributed by atoms with Gasteiger partial charge in [0, 0.05) is 19.7 Å². The summed E-state index contributed by atoms with van der Waals surface area (Å²) in [5.41, 5.74) is 1.27. The monoisotopic (exact) mass is 361 g/mol. The molecule has 0 fully saturated rings. The van der Waals surface area contributed by atoms with Crippen molar-refractivity contribution < 1.29 is 0 Å². The average Bonchev–Trinajstić information content (AvgIpc) is 2.64. The van der Waals surface area contributed by atoms with Crippen molar-refractivity contribution in [2.24, 2.45) is 0 Å². The number of hydrogen-bond donors (Lipinski definition) is 0. The number of hydrogen-bond acceptors (Lipinski definition) is 4. The van der Waals surface area contributed by atoms with Crippen LogP contribution in [-0.4, -0.2) is 17.0 Å². The Bertz CT molecular complexity index is 486. The molecular formula is C10H9Br2N3S. The van der Waals surface area contributed by atoms with Crippen LogP contribution in [-0.2, 0) is 6.54 Å². The number of rotatable bonds is 3. The van der Waals surface area contributed by atoms with E-state index in [1.807, 2.05) is 13.1 Å². The number of aromatic nitrogens is 2. The van der Waals surface area contributed by atoms with Crippen molar-refractivity contribution in [3.8, 4) is 0 Å². The first-order valence-corrected chi connectivity index (χ1v) is 7.03. The summed E-state index contributed by atoms with van der Waals surface area (Å²) in [7, 11) is 2.01. The lowest BCUT2D eigenvalue weighted by Gasteiger charge is -2.16. The van der Waals surface area contributed by atoms with Crippen LogP contribution in [0.5, 0.6) is 0 Å². The Kier molecular flexibility index (Phi) is 3.94. The van der Waals surface area contributed by atoms with E-state index in [1.165, 1.54) is 5.56 Å². The van der Waals surface area contributed by atoms with Crippen molar-refractivity contribution in [2.75, 3.05) is 11.9 Å². The molecule has 0 atom stereocenters. The van der Waals surface area contributed by atoms with Gasteiger partial charge in [0.25, 0.3) is 0 Å². The van der Waals surface area contributed by atoms with Gasteiger partial charge in [-0.25, -0.2) is 9.97 Å². The maximum Gasteiger partial charge on any atom is 0.133 e. The number of anilines is 1. The second-order valence-electron chi connectivity index (χ2n) is 3.31. The molecule has 0 amide bonds. The van der Waals surface area contributed by atoms with E-state index in [0.29, 0.717) is 0 Å². The molecule has 3 nitrogen and oxygen atoms in total. The van der Waals surface area contributed by atoms with Crippen LogP contribution in [0.4, 0.5) is 5.82 Å². The summed E-state index contributed by atoms with van der Waals surface area (Å²) in [6, 6.07) is 4.03. The Hall–Kier alpha value is -0.460. The van der Waals surface area contributed by atoms with Gasteiger partial charge in [-0.05, 0) is 48.9 Å². The zero-order chi connectivity index (χ0) is 11.5. The largest absolute Gasteiger partial charge is 0.355 e. The van der Waals surface area contributed by atoms with Crippen LogP contribution >= 0.6 is 43.2 Å². The molecule has 6 heteroatoms. The summed E-state index contributed by atoms with van der Waals surface area (Å²) in [5, 5.41) is 2.14. The highest BCUT2D eigenvalue weighted by Gasteiger charge is 2.05. The minimum Gasteiger partial charge on any atom is -0.355 e. The van der Waals surface area contributed by atoms with Crippen molar-refractivity contribution >= 4 is 49.0 Å². The highest BCUT2D eigenvalue weighted by Crippen LogP contribution is 2.23. The van der Waals surface area contributed by atoms with Gasteiger partial charge in [-0.15, -0.1) is 11.3 Å². The quantitative estimate of drug-likeness (QED) is 0.779. The normalized spacial score (nSPS) is 10.4.